The summed E-state index contributed by atoms with van der Waals surface area (Å²) < 4.78 is 45.0. The molecule has 1 N–H and O–H groups in total. The van der Waals surface area contributed by atoms with E-state index in [4.69, 9.17) is 4.74 Å². The second kappa shape index (κ2) is 5.77. The Morgan fingerprint density at radius 3 is 2.38 bits per heavy atom. The van der Waals surface area contributed by atoms with Gasteiger partial charge in [0.05, 0.1) is 13.2 Å². The second-order valence-electron chi connectivity index (χ2n) is 5.77. The van der Waals surface area contributed by atoms with Crippen molar-refractivity contribution in [2.45, 2.75) is 31.3 Å². The van der Waals surface area contributed by atoms with Gasteiger partial charge in [-0.1, -0.05) is 0 Å². The molecule has 0 aromatic heterocycles. The van der Waals surface area contributed by atoms with E-state index in [9.17, 15) is 18.0 Å². The van der Waals surface area contributed by atoms with Crippen molar-refractivity contribution < 1.29 is 22.7 Å². The molecule has 3 nitrogen and oxygen atoms in total. The van der Waals surface area contributed by atoms with Crippen molar-refractivity contribution in [3.8, 4) is 0 Å². The molecule has 2 heterocycles. The fraction of sp³-hybridized carbons (Fsp3) is 0.533. The van der Waals surface area contributed by atoms with Crippen LogP contribution >= 0.6 is 0 Å². The van der Waals surface area contributed by atoms with Crippen LogP contribution in [0.25, 0.3) is 0 Å². The lowest BCUT2D eigenvalue weighted by Gasteiger charge is -2.39. The average molecular weight is 299 g/mol. The first kappa shape index (κ1) is 14.5. The Bertz CT molecular complexity index is 552. The minimum absolute atomic E-state index is 0.0844. The van der Waals surface area contributed by atoms with Crippen LogP contribution < -0.4 is 5.32 Å². The molecular formula is C15H16F3NO2. The highest BCUT2D eigenvalue weighted by Crippen LogP contribution is 2.26. The molecule has 6 heteroatoms. The second-order valence-corrected chi connectivity index (χ2v) is 5.77. The van der Waals surface area contributed by atoms with E-state index < -0.39 is 17.5 Å². The standard InChI is InChI=1S/C15H16F3NO2/c16-12-5-14(18)13(17)3-8(12)4-15(20)9-1-10-6-21-7-11(2-9)19-10/h3,5,9-11,19H,1-2,4,6-7H2. The van der Waals surface area contributed by atoms with Gasteiger partial charge in [0.2, 0.25) is 0 Å². The lowest BCUT2D eigenvalue weighted by atomic mass is 9.82. The zero-order chi connectivity index (χ0) is 15.0. The van der Waals surface area contributed by atoms with Crippen LogP contribution in [0.3, 0.4) is 0 Å². The van der Waals surface area contributed by atoms with Gasteiger partial charge in [-0.3, -0.25) is 4.79 Å². The van der Waals surface area contributed by atoms with Crippen molar-refractivity contribution in [1.29, 1.82) is 0 Å². The SMILES string of the molecule is O=C(Cc1cc(F)c(F)cc1F)C1CC2COCC(C1)N2. The average Bonchev–Trinajstić information content (AvgIpc) is 2.44. The van der Waals surface area contributed by atoms with Crippen molar-refractivity contribution in [3.05, 3.63) is 35.1 Å². The molecule has 2 fully saturated rings. The Hall–Kier alpha value is -1.40. The van der Waals surface area contributed by atoms with Crippen molar-refractivity contribution in [2.75, 3.05) is 13.2 Å². The largest absolute Gasteiger partial charge is 0.378 e. The summed E-state index contributed by atoms with van der Waals surface area (Å²) in [5, 5.41) is 3.37. The van der Waals surface area contributed by atoms with Gasteiger partial charge < -0.3 is 10.1 Å². The van der Waals surface area contributed by atoms with E-state index in [1.165, 1.54) is 0 Å². The van der Waals surface area contributed by atoms with E-state index in [1.54, 1.807) is 0 Å². The molecule has 2 saturated heterocycles. The van der Waals surface area contributed by atoms with Crippen molar-refractivity contribution in [1.82, 2.24) is 5.32 Å². The van der Waals surface area contributed by atoms with Crippen LogP contribution in [0.15, 0.2) is 12.1 Å². The number of morpholine rings is 1. The van der Waals surface area contributed by atoms with Gasteiger partial charge >= 0.3 is 0 Å². The lowest BCUT2D eigenvalue weighted by molar-refractivity contribution is -0.125. The quantitative estimate of drug-likeness (QED) is 0.867. The topological polar surface area (TPSA) is 38.3 Å². The van der Waals surface area contributed by atoms with Gasteiger partial charge in [-0.15, -0.1) is 0 Å². The monoisotopic (exact) mass is 299 g/mol. The van der Waals surface area contributed by atoms with Gasteiger partial charge in [0.1, 0.15) is 11.6 Å². The summed E-state index contributed by atoms with van der Waals surface area (Å²) in [6.07, 6.45) is 1.08. The number of ether oxygens (including phenoxy) is 1. The van der Waals surface area contributed by atoms with Crippen LogP contribution in [0.5, 0.6) is 0 Å². The van der Waals surface area contributed by atoms with E-state index in [-0.39, 0.29) is 35.8 Å². The van der Waals surface area contributed by atoms with Crippen LogP contribution in [0.4, 0.5) is 13.2 Å². The Morgan fingerprint density at radius 1 is 1.10 bits per heavy atom. The molecule has 21 heavy (non-hydrogen) atoms. The number of carbonyl (C=O) groups excluding carboxylic acids is 1. The van der Waals surface area contributed by atoms with Gasteiger partial charge in [-0.05, 0) is 24.5 Å². The first-order valence-electron chi connectivity index (χ1n) is 7.03. The molecule has 0 radical (unpaired) electrons. The first-order valence-corrected chi connectivity index (χ1v) is 7.03. The third-order valence-electron chi connectivity index (χ3n) is 4.16. The van der Waals surface area contributed by atoms with Gasteiger partial charge in [-0.25, -0.2) is 13.2 Å². The maximum atomic E-state index is 13.6. The summed E-state index contributed by atoms with van der Waals surface area (Å²) in [6, 6.07) is 1.54. The highest BCUT2D eigenvalue weighted by Gasteiger charge is 2.35. The minimum atomic E-state index is -1.24. The number of rotatable bonds is 3. The van der Waals surface area contributed by atoms with Gasteiger partial charge in [0, 0.05) is 30.5 Å². The predicted molar refractivity (Wildman–Crippen MR) is 69.3 cm³/mol. The molecule has 0 spiro atoms. The number of Topliss-reactive ketones (excluding diaryl/α,β-unsaturated/α-hetero) is 1. The third-order valence-corrected chi connectivity index (χ3v) is 4.16. The first-order chi connectivity index (χ1) is 10.0. The summed E-state index contributed by atoms with van der Waals surface area (Å²) in [6.45, 7) is 1.14. The predicted octanol–water partition coefficient (Wildman–Crippen LogP) is 1.98. The molecule has 114 valence electrons. The number of fused-ring (bicyclic) bond motifs is 2. The third kappa shape index (κ3) is 3.11. The van der Waals surface area contributed by atoms with Crippen molar-refractivity contribution in [2.24, 2.45) is 5.92 Å². The molecule has 3 rings (SSSR count). The molecule has 2 bridgehead atoms. The zero-order valence-electron chi connectivity index (χ0n) is 11.4. The molecular weight excluding hydrogens is 283 g/mol. The summed E-state index contributed by atoms with van der Waals surface area (Å²) >= 11 is 0. The zero-order valence-corrected chi connectivity index (χ0v) is 11.4. The fourth-order valence-corrected chi connectivity index (χ4v) is 3.13. The molecule has 0 amide bonds. The lowest BCUT2D eigenvalue weighted by Crippen LogP contribution is -2.55. The van der Waals surface area contributed by atoms with Crippen LogP contribution in [0.2, 0.25) is 0 Å². The number of hydrogen-bond donors (Lipinski definition) is 1. The number of ketones is 1. The van der Waals surface area contributed by atoms with Crippen LogP contribution in [-0.4, -0.2) is 31.1 Å². The van der Waals surface area contributed by atoms with E-state index in [0.29, 0.717) is 32.1 Å². The normalized spacial score (nSPS) is 28.4. The van der Waals surface area contributed by atoms with Crippen molar-refractivity contribution >= 4 is 5.78 Å². The number of benzene rings is 1. The molecule has 1 aromatic rings. The summed E-state index contributed by atoms with van der Waals surface area (Å²) in [5.41, 5.74) is -0.0844. The number of nitrogens with one attached hydrogen (secondary N) is 1. The minimum Gasteiger partial charge on any atom is -0.378 e. The van der Waals surface area contributed by atoms with Gasteiger partial charge in [0.15, 0.2) is 11.6 Å². The Balaban J connectivity index is 1.70. The van der Waals surface area contributed by atoms with Crippen molar-refractivity contribution in [3.63, 3.8) is 0 Å². The molecule has 2 aliphatic heterocycles. The molecule has 0 saturated carbocycles. The van der Waals surface area contributed by atoms with Gasteiger partial charge in [-0.2, -0.15) is 0 Å². The number of halogens is 3. The van der Waals surface area contributed by atoms with E-state index in [0.717, 1.165) is 6.07 Å². The maximum absolute atomic E-state index is 13.6. The highest BCUT2D eigenvalue weighted by molar-refractivity contribution is 5.83. The molecule has 1 aromatic carbocycles. The van der Waals surface area contributed by atoms with Crippen LogP contribution in [0, 0.1) is 23.4 Å². The van der Waals surface area contributed by atoms with E-state index in [2.05, 4.69) is 5.32 Å². The molecule has 2 atom stereocenters. The number of hydrogen-bond acceptors (Lipinski definition) is 3. The van der Waals surface area contributed by atoms with E-state index in [1.807, 2.05) is 0 Å². The number of piperidine rings is 1. The molecule has 2 aliphatic rings. The summed E-state index contributed by atoms with van der Waals surface area (Å²) in [4.78, 5) is 12.3. The Labute approximate surface area is 120 Å². The summed E-state index contributed by atoms with van der Waals surface area (Å²) in [7, 11) is 0. The number of carbonyl (C=O) groups is 1. The van der Waals surface area contributed by atoms with Crippen LogP contribution in [-0.2, 0) is 16.0 Å². The summed E-state index contributed by atoms with van der Waals surface area (Å²) in [5.74, 6) is -3.55. The molecule has 0 aliphatic carbocycles. The van der Waals surface area contributed by atoms with E-state index >= 15 is 0 Å². The fourth-order valence-electron chi connectivity index (χ4n) is 3.13. The highest BCUT2D eigenvalue weighted by atomic mass is 19.2. The Morgan fingerprint density at radius 2 is 1.71 bits per heavy atom. The smallest absolute Gasteiger partial charge is 0.161 e. The van der Waals surface area contributed by atoms with Gasteiger partial charge in [0.25, 0.3) is 0 Å². The van der Waals surface area contributed by atoms with Crippen LogP contribution in [0.1, 0.15) is 18.4 Å². The maximum Gasteiger partial charge on any atom is 0.161 e. The molecule has 2 unspecified atom stereocenters. The Kier molecular flexibility index (Phi) is 3.99.